The van der Waals surface area contributed by atoms with Crippen molar-refractivity contribution >= 4 is 46.1 Å². The maximum atomic E-state index is 13.5. The van der Waals surface area contributed by atoms with Crippen molar-refractivity contribution < 1.29 is 14.3 Å². The van der Waals surface area contributed by atoms with Gasteiger partial charge in [-0.3, -0.25) is 9.36 Å². The lowest BCUT2D eigenvalue weighted by Crippen LogP contribution is -2.48. The van der Waals surface area contributed by atoms with Gasteiger partial charge in [-0.05, 0) is 37.6 Å². The number of anilines is 3. The minimum atomic E-state index is -1.21. The smallest absolute Gasteiger partial charge is 0.356 e. The number of piperazine rings is 1. The molecular weight excluding hydrogens is 527 g/mol. The van der Waals surface area contributed by atoms with Gasteiger partial charge in [0.1, 0.15) is 5.15 Å². The molecule has 1 aliphatic heterocycles. The summed E-state index contributed by atoms with van der Waals surface area (Å²) in [5, 5.41) is 13.3. The van der Waals surface area contributed by atoms with Crippen LogP contribution in [0.2, 0.25) is 5.15 Å². The molecule has 0 unspecified atom stereocenters. The van der Waals surface area contributed by atoms with Crippen molar-refractivity contribution in [2.24, 2.45) is 7.05 Å². The molecule has 11 nitrogen and oxygen atoms in total. The predicted octanol–water partition coefficient (Wildman–Crippen LogP) is 3.42. The molecule has 4 aromatic rings. The molecule has 0 radical (unpaired) electrons. The number of hydrogen-bond donors (Lipinski definition) is 2. The summed E-state index contributed by atoms with van der Waals surface area (Å²) in [6.07, 6.45) is 2.28. The fraction of sp³-hybridized carbons (Fsp3) is 0.308. The van der Waals surface area contributed by atoms with E-state index in [1.807, 2.05) is 29.7 Å². The van der Waals surface area contributed by atoms with Crippen molar-refractivity contribution in [3.05, 3.63) is 74.8 Å². The number of carboxylic acids is 1. The third-order valence-electron chi connectivity index (χ3n) is 6.68. The maximum Gasteiger partial charge on any atom is 0.356 e. The van der Waals surface area contributed by atoms with Gasteiger partial charge in [-0.25, -0.2) is 29.1 Å². The van der Waals surface area contributed by atoms with E-state index >= 15 is 0 Å². The Balaban J connectivity index is 1.49. The largest absolute Gasteiger partial charge is 0.476 e. The molecule has 4 heterocycles. The molecule has 39 heavy (non-hydrogen) atoms. The molecule has 1 aliphatic rings. The van der Waals surface area contributed by atoms with E-state index < -0.39 is 17.8 Å². The predicted molar refractivity (Wildman–Crippen MR) is 146 cm³/mol. The third-order valence-corrected chi connectivity index (χ3v) is 6.90. The van der Waals surface area contributed by atoms with Gasteiger partial charge in [-0.15, -0.1) is 0 Å². The van der Waals surface area contributed by atoms with Gasteiger partial charge in [-0.2, -0.15) is 0 Å². The number of halogens is 2. The molecule has 1 aromatic carbocycles. The fourth-order valence-corrected chi connectivity index (χ4v) is 4.90. The van der Waals surface area contributed by atoms with Crippen LogP contribution in [0.15, 0.2) is 41.5 Å². The second kappa shape index (κ2) is 10.4. The summed E-state index contributed by atoms with van der Waals surface area (Å²) in [5.74, 6) is -0.731. The summed E-state index contributed by atoms with van der Waals surface area (Å²) in [4.78, 5) is 46.2. The van der Waals surface area contributed by atoms with Crippen LogP contribution < -0.4 is 20.7 Å². The third kappa shape index (κ3) is 5.19. The normalized spacial score (nSPS) is 14.5. The van der Waals surface area contributed by atoms with Gasteiger partial charge in [-0.1, -0.05) is 17.7 Å². The van der Waals surface area contributed by atoms with E-state index in [1.54, 1.807) is 23.7 Å². The number of rotatable bonds is 6. The Morgan fingerprint density at radius 1 is 1.10 bits per heavy atom. The highest BCUT2D eigenvalue weighted by Crippen LogP contribution is 2.29. The first-order chi connectivity index (χ1) is 18.6. The molecule has 1 saturated heterocycles. The van der Waals surface area contributed by atoms with E-state index in [4.69, 9.17) is 16.6 Å². The number of pyridine rings is 1. The summed E-state index contributed by atoms with van der Waals surface area (Å²) < 4.78 is 14.8. The van der Waals surface area contributed by atoms with E-state index in [0.29, 0.717) is 54.7 Å². The van der Waals surface area contributed by atoms with Crippen LogP contribution in [0.1, 0.15) is 34.6 Å². The van der Waals surface area contributed by atoms with Gasteiger partial charge in [0.15, 0.2) is 11.5 Å². The van der Waals surface area contributed by atoms with Crippen LogP contribution in [-0.4, -0.2) is 61.8 Å². The molecule has 202 valence electrons. The summed E-state index contributed by atoms with van der Waals surface area (Å²) in [7, 11) is 1.70. The van der Waals surface area contributed by atoms with E-state index in [-0.39, 0.29) is 16.4 Å². The first kappa shape index (κ1) is 26.3. The highest BCUT2D eigenvalue weighted by molar-refractivity contribution is 6.29. The molecule has 5 rings (SSSR count). The van der Waals surface area contributed by atoms with Crippen molar-refractivity contribution in [1.29, 1.82) is 0 Å². The van der Waals surface area contributed by atoms with Crippen molar-refractivity contribution in [2.75, 3.05) is 41.3 Å². The number of carbonyl (C=O) groups is 1. The molecule has 0 saturated carbocycles. The van der Waals surface area contributed by atoms with Crippen LogP contribution in [0.5, 0.6) is 0 Å². The van der Waals surface area contributed by atoms with Crippen molar-refractivity contribution in [1.82, 2.24) is 24.5 Å². The van der Waals surface area contributed by atoms with Gasteiger partial charge in [0.05, 0.1) is 35.0 Å². The highest BCUT2D eigenvalue weighted by Gasteiger charge is 2.25. The number of aryl methyl sites for hydroxylation is 1. The number of carboxylic acid groups (broad SMARTS) is 1. The van der Waals surface area contributed by atoms with Crippen LogP contribution >= 0.6 is 11.6 Å². The number of benzene rings is 1. The molecule has 0 aliphatic carbocycles. The second-order valence-electron chi connectivity index (χ2n) is 9.40. The van der Waals surface area contributed by atoms with Gasteiger partial charge in [0.25, 0.3) is 5.56 Å². The first-order valence-electron chi connectivity index (χ1n) is 12.3. The summed E-state index contributed by atoms with van der Waals surface area (Å²) in [6, 6.07) is 6.41. The van der Waals surface area contributed by atoms with Gasteiger partial charge in [0.2, 0.25) is 11.9 Å². The lowest BCUT2D eigenvalue weighted by atomic mass is 10.0. The van der Waals surface area contributed by atoms with Crippen molar-refractivity contribution in [3.63, 3.8) is 0 Å². The highest BCUT2D eigenvalue weighted by atomic mass is 35.5. The molecule has 3 aromatic heterocycles. The first-order valence-corrected chi connectivity index (χ1v) is 12.6. The van der Waals surface area contributed by atoms with Crippen LogP contribution in [-0.2, 0) is 7.05 Å². The number of nitrogens with one attached hydrogen (secondary N) is 1. The van der Waals surface area contributed by atoms with E-state index in [0.717, 1.165) is 23.5 Å². The number of hydrogen-bond acceptors (Lipinski definition) is 9. The zero-order valence-corrected chi connectivity index (χ0v) is 22.3. The Kier molecular flexibility index (Phi) is 7.04. The van der Waals surface area contributed by atoms with Crippen LogP contribution in [0.4, 0.5) is 22.0 Å². The molecular formula is C26H26ClFN8O3. The zero-order chi connectivity index (χ0) is 27.8. The Morgan fingerprint density at radius 2 is 1.77 bits per heavy atom. The van der Waals surface area contributed by atoms with Gasteiger partial charge in [0, 0.05) is 38.8 Å². The number of aromatic nitrogens is 5. The Labute approximate surface area is 227 Å². The van der Waals surface area contributed by atoms with E-state index in [2.05, 4.69) is 20.3 Å². The average Bonchev–Trinajstić information content (AvgIpc) is 2.92. The standard InChI is InChI=1S/C26H26ClFN8O3/c1-14-10-17(15(2)31-19-4-5-20(27)32-22(19)24(38)39)21-18(11-14)23(37)34(3)26(33-21)36-8-6-35(7-9-36)25-29-12-16(28)13-30-25/h4-5,10-13,15,31H,6-9H2,1-3H3,(H,38,39)/t15-/m1/s1. The van der Waals surface area contributed by atoms with Crippen LogP contribution in [0.3, 0.4) is 0 Å². The summed E-state index contributed by atoms with van der Waals surface area (Å²) in [6.45, 7) is 6.01. The SMILES string of the molecule is Cc1cc([C@@H](C)Nc2ccc(Cl)nc2C(=O)O)c2nc(N3CCN(c4ncc(F)cn4)CC3)n(C)c(=O)c2c1. The fourth-order valence-electron chi connectivity index (χ4n) is 4.76. The summed E-state index contributed by atoms with van der Waals surface area (Å²) in [5.41, 5.74) is 2.07. The van der Waals surface area contributed by atoms with Crippen molar-refractivity contribution in [3.8, 4) is 0 Å². The van der Waals surface area contributed by atoms with E-state index in [9.17, 15) is 19.1 Å². The monoisotopic (exact) mass is 552 g/mol. The lowest BCUT2D eigenvalue weighted by molar-refractivity contribution is 0.0691. The number of aromatic carboxylic acids is 1. The molecule has 1 atom stereocenters. The molecule has 13 heteroatoms. The molecule has 2 N–H and O–H groups in total. The van der Waals surface area contributed by atoms with Crippen molar-refractivity contribution in [2.45, 2.75) is 19.9 Å². The minimum Gasteiger partial charge on any atom is -0.476 e. The zero-order valence-electron chi connectivity index (χ0n) is 21.5. The van der Waals surface area contributed by atoms with E-state index in [1.165, 1.54) is 6.07 Å². The lowest BCUT2D eigenvalue weighted by Gasteiger charge is -2.36. The van der Waals surface area contributed by atoms with Gasteiger partial charge >= 0.3 is 5.97 Å². The topological polar surface area (TPSA) is 129 Å². The molecule has 0 spiro atoms. The summed E-state index contributed by atoms with van der Waals surface area (Å²) >= 11 is 5.91. The van der Waals surface area contributed by atoms with Crippen LogP contribution in [0, 0.1) is 12.7 Å². The second-order valence-corrected chi connectivity index (χ2v) is 9.79. The maximum absolute atomic E-state index is 13.5. The molecule has 0 amide bonds. The Hall–Kier alpha value is -4.32. The van der Waals surface area contributed by atoms with Crippen LogP contribution in [0.25, 0.3) is 10.9 Å². The number of fused-ring (bicyclic) bond motifs is 1. The quantitative estimate of drug-likeness (QED) is 0.343. The molecule has 0 bridgehead atoms. The Morgan fingerprint density at radius 3 is 2.44 bits per heavy atom. The molecule has 1 fully saturated rings. The Bertz CT molecular complexity index is 1620. The number of nitrogens with zero attached hydrogens (tertiary/aromatic N) is 7. The van der Waals surface area contributed by atoms with Gasteiger partial charge < -0.3 is 20.2 Å². The minimum absolute atomic E-state index is 0.0764. The average molecular weight is 553 g/mol.